The molecular formula is C26H24N2O5S. The molecule has 7 nitrogen and oxygen atoms in total. The van der Waals surface area contributed by atoms with E-state index in [1.165, 1.54) is 0 Å². The molecule has 0 atom stereocenters. The normalized spacial score (nSPS) is 11.4. The summed E-state index contributed by atoms with van der Waals surface area (Å²) in [6.45, 7) is 2.45. The molecule has 4 rings (SSSR count). The first-order chi connectivity index (χ1) is 16.6. The molecule has 0 aliphatic rings. The van der Waals surface area contributed by atoms with Gasteiger partial charge in [-0.2, -0.15) is 0 Å². The zero-order chi connectivity index (χ0) is 23.8. The van der Waals surface area contributed by atoms with E-state index in [1.54, 1.807) is 11.3 Å². The van der Waals surface area contributed by atoms with Crippen molar-refractivity contribution in [3.8, 4) is 16.5 Å². The lowest BCUT2D eigenvalue weighted by molar-refractivity contribution is -0.136. The van der Waals surface area contributed by atoms with Gasteiger partial charge in [-0.25, -0.2) is 4.98 Å². The highest BCUT2D eigenvalue weighted by molar-refractivity contribution is 7.13. The lowest BCUT2D eigenvalue weighted by atomic mass is 10.1. The van der Waals surface area contributed by atoms with Crippen molar-refractivity contribution in [3.05, 3.63) is 94.7 Å². The molecular weight excluding hydrogens is 452 g/mol. The van der Waals surface area contributed by atoms with Crippen LogP contribution in [0.5, 0.6) is 5.75 Å². The summed E-state index contributed by atoms with van der Waals surface area (Å²) < 4.78 is 11.6. The number of rotatable bonds is 11. The third-order valence-corrected chi connectivity index (χ3v) is 5.87. The van der Waals surface area contributed by atoms with Gasteiger partial charge in [0.25, 0.3) is 0 Å². The van der Waals surface area contributed by atoms with Crippen LogP contribution in [0.3, 0.4) is 0 Å². The smallest absolute Gasteiger partial charge is 0.303 e. The third-order valence-electron chi connectivity index (χ3n) is 5.01. The number of hydrogen-bond acceptors (Lipinski definition) is 7. The molecule has 0 fully saturated rings. The van der Waals surface area contributed by atoms with E-state index in [4.69, 9.17) is 19.1 Å². The first-order valence-electron chi connectivity index (χ1n) is 10.8. The average Bonchev–Trinajstić information content (AvgIpc) is 3.51. The van der Waals surface area contributed by atoms with E-state index in [9.17, 15) is 4.79 Å². The minimum absolute atomic E-state index is 0.0110. The minimum Gasteiger partial charge on any atom is -0.487 e. The largest absolute Gasteiger partial charge is 0.487 e. The minimum atomic E-state index is -0.872. The Morgan fingerprint density at radius 3 is 2.53 bits per heavy atom. The van der Waals surface area contributed by atoms with Crippen LogP contribution in [0.4, 0.5) is 0 Å². The fourth-order valence-electron chi connectivity index (χ4n) is 3.18. The molecule has 4 aromatic rings. The first-order valence-corrected chi connectivity index (χ1v) is 11.6. The highest BCUT2D eigenvalue weighted by atomic mass is 32.1. The summed E-state index contributed by atoms with van der Waals surface area (Å²) in [5, 5.41) is 15.2. The van der Waals surface area contributed by atoms with Crippen LogP contribution in [0.15, 0.2) is 81.7 Å². The van der Waals surface area contributed by atoms with Crippen LogP contribution < -0.4 is 4.74 Å². The highest BCUT2D eigenvalue weighted by Crippen LogP contribution is 2.26. The second-order valence-electron chi connectivity index (χ2n) is 7.50. The maximum atomic E-state index is 11.0. The van der Waals surface area contributed by atoms with Gasteiger partial charge in [0.05, 0.1) is 17.0 Å². The topological polar surface area (TPSA) is 94.2 Å². The summed E-state index contributed by atoms with van der Waals surface area (Å²) >= 11 is 1.58. The summed E-state index contributed by atoms with van der Waals surface area (Å²) in [6, 6.07) is 20.9. The Morgan fingerprint density at radius 1 is 1.03 bits per heavy atom. The maximum Gasteiger partial charge on any atom is 0.303 e. The number of hydrogen-bond donors (Lipinski definition) is 1. The van der Waals surface area contributed by atoms with E-state index in [2.05, 4.69) is 10.1 Å². The Bertz CT molecular complexity index is 1230. The molecule has 2 aromatic heterocycles. The summed E-state index contributed by atoms with van der Waals surface area (Å²) in [6.07, 6.45) is 0.282. The van der Waals surface area contributed by atoms with E-state index in [-0.39, 0.29) is 13.0 Å². The Balaban J connectivity index is 1.32. The number of aliphatic carboxylic acids is 1. The number of oxime groups is 1. The zero-order valence-corrected chi connectivity index (χ0v) is 19.5. The molecule has 0 spiro atoms. The fourth-order valence-corrected chi connectivity index (χ4v) is 3.83. The molecule has 0 amide bonds. The lowest BCUT2D eigenvalue weighted by Crippen LogP contribution is -2.06. The highest BCUT2D eigenvalue weighted by Gasteiger charge is 2.13. The molecule has 0 aliphatic carbocycles. The molecule has 2 heterocycles. The summed E-state index contributed by atoms with van der Waals surface area (Å²) in [4.78, 5) is 22.0. The Hall–Kier alpha value is -3.91. The van der Waals surface area contributed by atoms with Gasteiger partial charge in [-0.1, -0.05) is 53.7 Å². The van der Waals surface area contributed by atoms with Crippen molar-refractivity contribution in [2.45, 2.75) is 33.0 Å². The van der Waals surface area contributed by atoms with Crippen LogP contribution in [0, 0.1) is 6.92 Å². The van der Waals surface area contributed by atoms with Crippen LogP contribution in [0.25, 0.3) is 10.8 Å². The molecule has 0 saturated carbocycles. The molecule has 0 aliphatic heterocycles. The van der Waals surface area contributed by atoms with E-state index < -0.39 is 5.97 Å². The van der Waals surface area contributed by atoms with Crippen LogP contribution in [0.2, 0.25) is 0 Å². The number of carboxylic acid groups (broad SMARTS) is 1. The standard InChI is InChI=1S/C26H24N2O5S/c1-18-23(27-26(33-18)24-8-5-15-34-24)17-31-21-11-9-19(10-12-21)16-32-28-22(13-14-25(29)30)20-6-3-2-4-7-20/h2-12,15H,13-14,16-17H2,1H3,(H,29,30)/b28-22-. The molecule has 2 aromatic carbocycles. The van der Waals surface area contributed by atoms with Crippen molar-refractivity contribution >= 4 is 23.0 Å². The third kappa shape index (κ3) is 6.32. The van der Waals surface area contributed by atoms with Gasteiger partial charge < -0.3 is 19.1 Å². The van der Waals surface area contributed by atoms with Gasteiger partial charge in [-0.15, -0.1) is 11.3 Å². The van der Waals surface area contributed by atoms with Crippen LogP contribution >= 0.6 is 11.3 Å². The van der Waals surface area contributed by atoms with E-state index in [0.717, 1.165) is 27.5 Å². The van der Waals surface area contributed by atoms with E-state index in [0.29, 0.717) is 30.4 Å². The van der Waals surface area contributed by atoms with Gasteiger partial charge in [-0.3, -0.25) is 4.79 Å². The van der Waals surface area contributed by atoms with Crippen LogP contribution in [-0.4, -0.2) is 21.8 Å². The fraction of sp³-hybridized carbons (Fsp3) is 0.192. The van der Waals surface area contributed by atoms with Gasteiger partial charge in [0, 0.05) is 6.42 Å². The van der Waals surface area contributed by atoms with E-state index in [1.807, 2.05) is 79.0 Å². The van der Waals surface area contributed by atoms with Crippen molar-refractivity contribution < 1.29 is 23.9 Å². The first kappa shape index (κ1) is 23.3. The number of aromatic nitrogens is 1. The van der Waals surface area contributed by atoms with Gasteiger partial charge in [-0.05, 0) is 41.6 Å². The molecule has 0 radical (unpaired) electrons. The maximum absolute atomic E-state index is 11.0. The number of carboxylic acids is 1. The number of oxazole rings is 1. The Labute approximate surface area is 201 Å². The summed E-state index contributed by atoms with van der Waals surface area (Å²) in [7, 11) is 0. The number of benzene rings is 2. The average molecular weight is 477 g/mol. The van der Waals surface area contributed by atoms with Crippen molar-refractivity contribution in [1.29, 1.82) is 0 Å². The second kappa shape index (κ2) is 11.3. The van der Waals surface area contributed by atoms with Gasteiger partial charge >= 0.3 is 5.97 Å². The molecule has 0 saturated heterocycles. The summed E-state index contributed by atoms with van der Waals surface area (Å²) in [5.74, 6) is 1.18. The zero-order valence-electron chi connectivity index (χ0n) is 18.6. The number of thiophene rings is 1. The monoisotopic (exact) mass is 476 g/mol. The molecule has 8 heteroatoms. The van der Waals surface area contributed by atoms with Gasteiger partial charge in [0.2, 0.25) is 5.89 Å². The predicted octanol–water partition coefficient (Wildman–Crippen LogP) is 6.08. The van der Waals surface area contributed by atoms with Crippen molar-refractivity contribution in [2.24, 2.45) is 5.16 Å². The quantitative estimate of drug-likeness (QED) is 0.208. The summed E-state index contributed by atoms with van der Waals surface area (Å²) in [5.41, 5.74) is 3.13. The lowest BCUT2D eigenvalue weighted by Gasteiger charge is -2.08. The SMILES string of the molecule is Cc1oc(-c2cccs2)nc1COc1ccc(CO/N=C(/CCC(=O)O)c2ccccc2)cc1. The van der Waals surface area contributed by atoms with Crippen molar-refractivity contribution in [2.75, 3.05) is 0 Å². The Morgan fingerprint density at radius 2 is 1.82 bits per heavy atom. The van der Waals surface area contributed by atoms with Gasteiger partial charge in [0.15, 0.2) is 0 Å². The molecule has 174 valence electrons. The van der Waals surface area contributed by atoms with Gasteiger partial charge in [0.1, 0.15) is 30.4 Å². The van der Waals surface area contributed by atoms with Crippen LogP contribution in [-0.2, 0) is 22.8 Å². The molecule has 1 N–H and O–H groups in total. The van der Waals surface area contributed by atoms with Crippen molar-refractivity contribution in [3.63, 3.8) is 0 Å². The molecule has 0 bridgehead atoms. The Kier molecular flexibility index (Phi) is 7.72. The number of carbonyl (C=O) groups is 1. The number of nitrogens with zero attached hydrogens (tertiary/aromatic N) is 2. The molecule has 0 unspecified atom stereocenters. The van der Waals surface area contributed by atoms with E-state index >= 15 is 0 Å². The number of ether oxygens (including phenoxy) is 1. The van der Waals surface area contributed by atoms with Crippen molar-refractivity contribution in [1.82, 2.24) is 4.98 Å². The molecule has 34 heavy (non-hydrogen) atoms. The van der Waals surface area contributed by atoms with Crippen LogP contribution in [0.1, 0.15) is 35.4 Å². The second-order valence-corrected chi connectivity index (χ2v) is 8.45. The number of aryl methyl sites for hydroxylation is 1. The predicted molar refractivity (Wildman–Crippen MR) is 130 cm³/mol.